The fourth-order valence-corrected chi connectivity index (χ4v) is 7.31. The number of para-hydroxylation sites is 1. The highest BCUT2D eigenvalue weighted by atomic mass is 32.2. The third-order valence-corrected chi connectivity index (χ3v) is 10.2. The molecule has 1 fully saturated rings. The first-order valence-corrected chi connectivity index (χ1v) is 16.5. The molecule has 6 rings (SSSR count). The molecule has 1 saturated heterocycles. The number of piperidine rings is 1. The topological polar surface area (TPSA) is 115 Å². The molecule has 1 amide bonds. The maximum absolute atomic E-state index is 13.1. The van der Waals surface area contributed by atoms with E-state index < -0.39 is 10.8 Å². The van der Waals surface area contributed by atoms with E-state index in [2.05, 4.69) is 39.6 Å². The predicted molar refractivity (Wildman–Crippen MR) is 176 cm³/mol. The minimum atomic E-state index is -1.17. The van der Waals surface area contributed by atoms with Crippen molar-refractivity contribution in [3.05, 3.63) is 59.3 Å². The smallest absolute Gasteiger partial charge is 0.237 e. The van der Waals surface area contributed by atoms with Gasteiger partial charge < -0.3 is 20.4 Å². The van der Waals surface area contributed by atoms with Crippen LogP contribution < -0.4 is 20.3 Å². The number of amides is 1. The van der Waals surface area contributed by atoms with Gasteiger partial charge in [-0.1, -0.05) is 26.0 Å². The molecule has 0 bridgehead atoms. The molecule has 10 nitrogen and oxygen atoms in total. The Bertz CT molecular complexity index is 1730. The molecule has 0 radical (unpaired) electrons. The molecule has 2 unspecified atom stereocenters. The second kappa shape index (κ2) is 12.2. The van der Waals surface area contributed by atoms with Gasteiger partial charge in [-0.2, -0.15) is 9.97 Å². The average Bonchev–Trinajstić information content (AvgIpc) is 3.54. The fraction of sp³-hybridized carbons (Fsp3) is 0.424. The van der Waals surface area contributed by atoms with E-state index >= 15 is 0 Å². The van der Waals surface area contributed by atoms with Crippen LogP contribution >= 0.6 is 0 Å². The summed E-state index contributed by atoms with van der Waals surface area (Å²) in [5.74, 6) is 2.45. The van der Waals surface area contributed by atoms with Crippen LogP contribution in [0.5, 0.6) is 5.75 Å². The van der Waals surface area contributed by atoms with Crippen molar-refractivity contribution in [3.63, 3.8) is 0 Å². The molecule has 2 atom stereocenters. The number of aromatic amines is 1. The van der Waals surface area contributed by atoms with Crippen LogP contribution in [0.15, 0.2) is 47.4 Å². The van der Waals surface area contributed by atoms with Crippen molar-refractivity contribution < 1.29 is 13.7 Å². The fourth-order valence-electron chi connectivity index (χ4n) is 6.26. The maximum atomic E-state index is 13.1. The first-order chi connectivity index (χ1) is 21.1. The molecular formula is C33H41N7O3S. The Morgan fingerprint density at radius 3 is 2.61 bits per heavy atom. The number of hydrogen-bond acceptors (Lipinski definition) is 8. The van der Waals surface area contributed by atoms with Gasteiger partial charge in [0.05, 0.1) is 39.0 Å². The van der Waals surface area contributed by atoms with Gasteiger partial charge in [0.2, 0.25) is 11.9 Å². The molecule has 0 spiro atoms. The van der Waals surface area contributed by atoms with E-state index in [4.69, 9.17) is 14.7 Å². The van der Waals surface area contributed by atoms with Gasteiger partial charge in [0, 0.05) is 18.0 Å². The highest BCUT2D eigenvalue weighted by Crippen LogP contribution is 2.45. The van der Waals surface area contributed by atoms with Crippen molar-refractivity contribution in [2.75, 3.05) is 36.9 Å². The van der Waals surface area contributed by atoms with Crippen LogP contribution in [0.2, 0.25) is 0 Å². The molecule has 232 valence electrons. The van der Waals surface area contributed by atoms with Crippen LogP contribution in [0.1, 0.15) is 56.4 Å². The van der Waals surface area contributed by atoms with Crippen molar-refractivity contribution in [2.24, 2.45) is 0 Å². The van der Waals surface area contributed by atoms with Crippen molar-refractivity contribution in [3.8, 4) is 5.75 Å². The molecule has 2 aromatic heterocycles. The lowest BCUT2D eigenvalue weighted by Crippen LogP contribution is -2.40. The van der Waals surface area contributed by atoms with Crippen LogP contribution in [-0.4, -0.2) is 68.1 Å². The Morgan fingerprint density at radius 2 is 1.89 bits per heavy atom. The van der Waals surface area contributed by atoms with Gasteiger partial charge in [-0.25, -0.2) is 0 Å². The van der Waals surface area contributed by atoms with Gasteiger partial charge >= 0.3 is 0 Å². The van der Waals surface area contributed by atoms with E-state index in [-0.39, 0.29) is 17.4 Å². The second-order valence-electron chi connectivity index (χ2n) is 12.0. The van der Waals surface area contributed by atoms with Gasteiger partial charge in [0.25, 0.3) is 0 Å². The van der Waals surface area contributed by atoms with Crippen molar-refractivity contribution in [2.45, 2.75) is 69.8 Å². The number of anilines is 4. The van der Waals surface area contributed by atoms with Gasteiger partial charge in [0.15, 0.2) is 6.23 Å². The molecule has 2 aromatic carbocycles. The molecule has 3 N–H and O–H groups in total. The molecule has 0 aliphatic carbocycles. The Kier molecular flexibility index (Phi) is 8.34. The molecule has 44 heavy (non-hydrogen) atoms. The third-order valence-electron chi connectivity index (χ3n) is 8.55. The van der Waals surface area contributed by atoms with Gasteiger partial charge in [0.1, 0.15) is 17.2 Å². The number of fused-ring (bicyclic) bond motifs is 2. The summed E-state index contributed by atoms with van der Waals surface area (Å²) in [6.07, 6.45) is 1.69. The summed E-state index contributed by atoms with van der Waals surface area (Å²) in [7, 11) is 0.515. The third kappa shape index (κ3) is 5.78. The number of nitrogens with zero attached hydrogens (tertiary/aromatic N) is 4. The van der Waals surface area contributed by atoms with Crippen LogP contribution in [0.25, 0.3) is 11.0 Å². The Balaban J connectivity index is 1.32. The number of carbonyl (C=O) groups excluding carboxylic acids is 1. The minimum absolute atomic E-state index is 0.0178. The number of nitrogens with one attached hydrogen (secondary N) is 3. The van der Waals surface area contributed by atoms with Gasteiger partial charge in [-0.05, 0) is 94.1 Å². The van der Waals surface area contributed by atoms with E-state index in [9.17, 15) is 9.00 Å². The van der Waals surface area contributed by atoms with Gasteiger partial charge in [-0.3, -0.25) is 18.8 Å². The number of carbonyl (C=O) groups is 1. The normalized spacial score (nSPS) is 18.0. The summed E-state index contributed by atoms with van der Waals surface area (Å²) in [6.45, 7) is 12.3. The quantitative estimate of drug-likeness (QED) is 0.234. The van der Waals surface area contributed by atoms with E-state index in [1.807, 2.05) is 62.9 Å². The highest BCUT2D eigenvalue weighted by molar-refractivity contribution is 7.85. The molecular weight excluding hydrogens is 574 g/mol. The number of likely N-dealkylation sites (N-methyl/N-ethyl adjacent to an activating group) is 1. The number of benzene rings is 2. The summed E-state index contributed by atoms with van der Waals surface area (Å²) < 4.78 is 19.5. The van der Waals surface area contributed by atoms with E-state index in [1.54, 1.807) is 7.05 Å². The lowest BCUT2D eigenvalue weighted by atomic mass is 9.86. The number of likely N-dealkylation sites (tertiary alicyclic amines) is 1. The average molecular weight is 616 g/mol. The number of hydrogen-bond donors (Lipinski definition) is 3. The Labute approximate surface area is 261 Å². The first-order valence-electron chi connectivity index (χ1n) is 15.3. The van der Waals surface area contributed by atoms with E-state index in [0.29, 0.717) is 24.2 Å². The minimum Gasteiger partial charge on any atom is -0.468 e. The summed E-state index contributed by atoms with van der Waals surface area (Å²) in [5.41, 5.74) is 5.89. The summed E-state index contributed by atoms with van der Waals surface area (Å²) >= 11 is 0. The number of H-pyrrole nitrogens is 1. The number of aromatic nitrogens is 3. The molecule has 0 saturated carbocycles. The van der Waals surface area contributed by atoms with Crippen LogP contribution in [0, 0.1) is 13.8 Å². The largest absolute Gasteiger partial charge is 0.468 e. The van der Waals surface area contributed by atoms with Crippen molar-refractivity contribution in [1.29, 1.82) is 0 Å². The van der Waals surface area contributed by atoms with E-state index in [0.717, 1.165) is 64.7 Å². The molecule has 4 heterocycles. The van der Waals surface area contributed by atoms with E-state index in [1.165, 1.54) is 11.1 Å². The summed E-state index contributed by atoms with van der Waals surface area (Å²) in [5, 5.41) is 7.05. The maximum Gasteiger partial charge on any atom is 0.237 e. The van der Waals surface area contributed by atoms with Crippen molar-refractivity contribution in [1.82, 2.24) is 25.2 Å². The standard InChI is InChI=1S/C33H41N7O3S/c1-19(2)44(42)29-10-8-7-9-26(29)36-32-25-16-21(4)35-31(25)37-33(38-32)40-22(5)43-28-17-24(20(3)15-27(28)40)23-11-13-39(14-12-23)18-30(41)34-6/h7-10,15-17,19,22-23H,11-14,18H2,1-6H3,(H,34,41)(H2,35,36,37,38). The lowest BCUT2D eigenvalue weighted by Gasteiger charge is -2.32. The van der Waals surface area contributed by atoms with Gasteiger partial charge in [-0.15, -0.1) is 0 Å². The Hall–Kier alpha value is -3.96. The summed E-state index contributed by atoms with van der Waals surface area (Å²) in [6, 6.07) is 14.1. The second-order valence-corrected chi connectivity index (χ2v) is 14.0. The SMILES string of the molecule is CNC(=O)CN1CCC(c2cc3c(cc2C)N(c2nc(Nc4ccccc4S(=O)C(C)C)c4cc(C)[nH]c4n2)C(C)O3)CC1. The predicted octanol–water partition coefficient (Wildman–Crippen LogP) is 5.64. The first kappa shape index (κ1) is 30.1. The Morgan fingerprint density at radius 1 is 1.14 bits per heavy atom. The number of aryl methyl sites for hydroxylation is 2. The zero-order valence-corrected chi connectivity index (χ0v) is 27.0. The van der Waals surface area contributed by atoms with Crippen LogP contribution in [0.4, 0.5) is 23.1 Å². The number of rotatable bonds is 8. The van der Waals surface area contributed by atoms with Crippen molar-refractivity contribution >= 4 is 50.9 Å². The monoisotopic (exact) mass is 615 g/mol. The lowest BCUT2D eigenvalue weighted by molar-refractivity contribution is -0.122. The zero-order valence-electron chi connectivity index (χ0n) is 26.2. The molecule has 2 aliphatic heterocycles. The van der Waals surface area contributed by atoms with Crippen LogP contribution in [0.3, 0.4) is 0 Å². The zero-order chi connectivity index (χ0) is 31.1. The molecule has 2 aliphatic rings. The van der Waals surface area contributed by atoms with Crippen LogP contribution in [-0.2, 0) is 15.6 Å². The highest BCUT2D eigenvalue weighted by Gasteiger charge is 2.34. The summed E-state index contributed by atoms with van der Waals surface area (Å²) in [4.78, 5) is 30.2. The number of ether oxygens (including phenoxy) is 1. The molecule has 4 aromatic rings. The molecule has 11 heteroatoms.